The molecule has 1 rings (SSSR count). The molecule has 0 spiro atoms. The standard InChI is InChI=1S/C11H17NOS/c1-9(2)5-7-14-8-11(13)10-4-3-6-12-10/h3-4,6,9,12H,5,7-8H2,1-2H3. The third kappa shape index (κ3) is 4.01. The first kappa shape index (κ1) is 11.4. The number of aromatic nitrogens is 1. The van der Waals surface area contributed by atoms with Crippen molar-refractivity contribution in [3.63, 3.8) is 0 Å². The van der Waals surface area contributed by atoms with E-state index in [2.05, 4.69) is 18.8 Å². The third-order valence-corrected chi connectivity index (χ3v) is 2.96. The quantitative estimate of drug-likeness (QED) is 0.579. The fraction of sp³-hybridized carbons (Fsp3) is 0.545. The summed E-state index contributed by atoms with van der Waals surface area (Å²) in [5.41, 5.74) is 0.724. The average Bonchev–Trinajstić information content (AvgIpc) is 2.64. The van der Waals surface area contributed by atoms with Gasteiger partial charge >= 0.3 is 0 Å². The van der Waals surface area contributed by atoms with Crippen LogP contribution < -0.4 is 0 Å². The van der Waals surface area contributed by atoms with E-state index in [4.69, 9.17) is 0 Å². The average molecular weight is 211 g/mol. The maximum absolute atomic E-state index is 11.5. The van der Waals surface area contributed by atoms with Gasteiger partial charge in [0.25, 0.3) is 0 Å². The Morgan fingerprint density at radius 2 is 2.36 bits per heavy atom. The van der Waals surface area contributed by atoms with Gasteiger partial charge in [0.1, 0.15) is 0 Å². The van der Waals surface area contributed by atoms with Crippen LogP contribution in [0.3, 0.4) is 0 Å². The molecule has 0 amide bonds. The molecule has 3 heteroatoms. The van der Waals surface area contributed by atoms with Crippen molar-refractivity contribution in [3.05, 3.63) is 24.0 Å². The molecule has 14 heavy (non-hydrogen) atoms. The highest BCUT2D eigenvalue weighted by Crippen LogP contribution is 2.10. The largest absolute Gasteiger partial charge is 0.359 e. The Balaban J connectivity index is 2.16. The van der Waals surface area contributed by atoms with Gasteiger partial charge in [-0.2, -0.15) is 11.8 Å². The predicted octanol–water partition coefficient (Wildman–Crippen LogP) is 2.98. The number of nitrogens with one attached hydrogen (secondary N) is 1. The van der Waals surface area contributed by atoms with Crippen LogP contribution in [0.25, 0.3) is 0 Å². The first-order valence-corrected chi connectivity index (χ1v) is 6.10. The summed E-state index contributed by atoms with van der Waals surface area (Å²) in [4.78, 5) is 14.4. The molecule has 0 unspecified atom stereocenters. The second-order valence-corrected chi connectivity index (χ2v) is 4.85. The molecular weight excluding hydrogens is 194 g/mol. The van der Waals surface area contributed by atoms with E-state index in [1.165, 1.54) is 6.42 Å². The molecule has 0 aromatic carbocycles. The number of thioether (sulfide) groups is 1. The molecule has 0 bridgehead atoms. The molecule has 78 valence electrons. The molecule has 2 nitrogen and oxygen atoms in total. The molecule has 0 atom stereocenters. The van der Waals surface area contributed by atoms with Crippen molar-refractivity contribution in [2.75, 3.05) is 11.5 Å². The van der Waals surface area contributed by atoms with Gasteiger partial charge < -0.3 is 4.98 Å². The Morgan fingerprint density at radius 1 is 1.57 bits per heavy atom. The Hall–Kier alpha value is -0.700. The van der Waals surface area contributed by atoms with Crippen LogP contribution in [0, 0.1) is 5.92 Å². The van der Waals surface area contributed by atoms with Gasteiger partial charge in [-0.25, -0.2) is 0 Å². The van der Waals surface area contributed by atoms with Crippen LogP contribution in [-0.4, -0.2) is 22.3 Å². The summed E-state index contributed by atoms with van der Waals surface area (Å²) in [5, 5.41) is 0. The lowest BCUT2D eigenvalue weighted by Gasteiger charge is -2.03. The predicted molar refractivity (Wildman–Crippen MR) is 61.9 cm³/mol. The molecule has 0 aliphatic carbocycles. The van der Waals surface area contributed by atoms with Crippen LogP contribution >= 0.6 is 11.8 Å². The number of hydrogen-bond acceptors (Lipinski definition) is 2. The summed E-state index contributed by atoms with van der Waals surface area (Å²) in [6.07, 6.45) is 2.97. The van der Waals surface area contributed by atoms with E-state index in [1.54, 1.807) is 18.0 Å². The lowest BCUT2D eigenvalue weighted by atomic mass is 10.2. The van der Waals surface area contributed by atoms with Crippen molar-refractivity contribution in [2.45, 2.75) is 20.3 Å². The van der Waals surface area contributed by atoms with Crippen molar-refractivity contribution in [2.24, 2.45) is 5.92 Å². The van der Waals surface area contributed by atoms with E-state index in [1.807, 2.05) is 12.1 Å². The summed E-state index contributed by atoms with van der Waals surface area (Å²) >= 11 is 1.72. The molecule has 0 radical (unpaired) electrons. The maximum atomic E-state index is 11.5. The minimum atomic E-state index is 0.198. The Morgan fingerprint density at radius 3 is 2.93 bits per heavy atom. The van der Waals surface area contributed by atoms with Gasteiger partial charge in [0.15, 0.2) is 5.78 Å². The van der Waals surface area contributed by atoms with Crippen molar-refractivity contribution in [1.29, 1.82) is 0 Å². The molecule has 1 aromatic rings. The Labute approximate surface area is 89.5 Å². The van der Waals surface area contributed by atoms with Crippen LogP contribution in [0.4, 0.5) is 0 Å². The minimum Gasteiger partial charge on any atom is -0.359 e. The lowest BCUT2D eigenvalue weighted by molar-refractivity contribution is 0.101. The molecule has 1 heterocycles. The normalized spacial score (nSPS) is 10.8. The summed E-state index contributed by atoms with van der Waals surface area (Å²) in [5.74, 6) is 2.59. The lowest BCUT2D eigenvalue weighted by Crippen LogP contribution is -2.03. The van der Waals surface area contributed by atoms with Crippen LogP contribution in [0.1, 0.15) is 30.8 Å². The van der Waals surface area contributed by atoms with Crippen molar-refractivity contribution >= 4 is 17.5 Å². The summed E-state index contributed by atoms with van der Waals surface area (Å²) in [7, 11) is 0. The molecule has 0 saturated heterocycles. The second kappa shape index (κ2) is 5.91. The number of aromatic amines is 1. The van der Waals surface area contributed by atoms with Gasteiger partial charge in [0.05, 0.1) is 11.4 Å². The highest BCUT2D eigenvalue weighted by molar-refractivity contribution is 7.99. The number of carbonyl (C=O) groups excluding carboxylic acids is 1. The molecule has 0 aliphatic rings. The van der Waals surface area contributed by atoms with E-state index in [9.17, 15) is 4.79 Å². The summed E-state index contributed by atoms with van der Waals surface area (Å²) in [6.45, 7) is 4.40. The number of carbonyl (C=O) groups is 1. The van der Waals surface area contributed by atoms with Gasteiger partial charge in [-0.05, 0) is 30.2 Å². The zero-order chi connectivity index (χ0) is 10.4. The van der Waals surface area contributed by atoms with Crippen molar-refractivity contribution in [1.82, 2.24) is 4.98 Å². The zero-order valence-electron chi connectivity index (χ0n) is 8.75. The van der Waals surface area contributed by atoms with E-state index >= 15 is 0 Å². The molecule has 1 aromatic heterocycles. The number of rotatable bonds is 6. The first-order chi connectivity index (χ1) is 6.70. The van der Waals surface area contributed by atoms with Crippen LogP contribution in [-0.2, 0) is 0 Å². The monoisotopic (exact) mass is 211 g/mol. The van der Waals surface area contributed by atoms with E-state index in [0.717, 1.165) is 17.4 Å². The topological polar surface area (TPSA) is 32.9 Å². The molecule has 0 aliphatic heterocycles. The number of Topliss-reactive ketones (excluding diaryl/α,β-unsaturated/α-hetero) is 1. The van der Waals surface area contributed by atoms with E-state index < -0.39 is 0 Å². The van der Waals surface area contributed by atoms with Crippen LogP contribution in [0.15, 0.2) is 18.3 Å². The fourth-order valence-electron chi connectivity index (χ4n) is 1.07. The third-order valence-electron chi connectivity index (χ3n) is 1.97. The zero-order valence-corrected chi connectivity index (χ0v) is 9.56. The van der Waals surface area contributed by atoms with E-state index in [-0.39, 0.29) is 5.78 Å². The number of hydrogen-bond donors (Lipinski definition) is 1. The molecular formula is C11H17NOS. The molecule has 0 fully saturated rings. The smallest absolute Gasteiger partial charge is 0.188 e. The van der Waals surface area contributed by atoms with Crippen molar-refractivity contribution < 1.29 is 4.79 Å². The molecule has 0 saturated carbocycles. The highest BCUT2D eigenvalue weighted by atomic mass is 32.2. The van der Waals surface area contributed by atoms with Gasteiger partial charge in [-0.15, -0.1) is 0 Å². The van der Waals surface area contributed by atoms with Crippen LogP contribution in [0.5, 0.6) is 0 Å². The minimum absolute atomic E-state index is 0.198. The first-order valence-electron chi connectivity index (χ1n) is 4.94. The summed E-state index contributed by atoms with van der Waals surface area (Å²) in [6, 6.07) is 3.68. The van der Waals surface area contributed by atoms with Gasteiger partial charge in [0.2, 0.25) is 0 Å². The van der Waals surface area contributed by atoms with Gasteiger partial charge in [0, 0.05) is 6.20 Å². The van der Waals surface area contributed by atoms with E-state index in [0.29, 0.717) is 5.75 Å². The second-order valence-electron chi connectivity index (χ2n) is 3.74. The van der Waals surface area contributed by atoms with Gasteiger partial charge in [-0.1, -0.05) is 13.8 Å². The maximum Gasteiger partial charge on any atom is 0.188 e. The Kier molecular flexibility index (Phi) is 4.80. The molecule has 1 N–H and O–H groups in total. The summed E-state index contributed by atoms with van der Waals surface area (Å²) < 4.78 is 0. The van der Waals surface area contributed by atoms with Crippen LogP contribution in [0.2, 0.25) is 0 Å². The SMILES string of the molecule is CC(C)CCSCC(=O)c1ccc[nH]1. The number of H-pyrrole nitrogens is 1. The van der Waals surface area contributed by atoms with Gasteiger partial charge in [-0.3, -0.25) is 4.79 Å². The van der Waals surface area contributed by atoms with Crippen molar-refractivity contribution in [3.8, 4) is 0 Å². The highest BCUT2D eigenvalue weighted by Gasteiger charge is 2.05. The number of ketones is 1. The Bertz CT molecular complexity index is 267. The fourth-order valence-corrected chi connectivity index (χ4v) is 2.19.